The summed E-state index contributed by atoms with van der Waals surface area (Å²) in [5.41, 5.74) is 8.66. The largest absolute Gasteiger partial charge is 0.398 e. The summed E-state index contributed by atoms with van der Waals surface area (Å²) in [5.74, 6) is 0.451. The van der Waals surface area contributed by atoms with E-state index in [-0.39, 0.29) is 5.91 Å². The minimum atomic E-state index is -0.0731. The molecule has 0 spiro atoms. The Hall–Kier alpha value is -1.51. The molecule has 0 aliphatic heterocycles. The van der Waals surface area contributed by atoms with Crippen LogP contribution in [0.3, 0.4) is 0 Å². The van der Waals surface area contributed by atoms with Crippen molar-refractivity contribution in [3.05, 3.63) is 29.3 Å². The summed E-state index contributed by atoms with van der Waals surface area (Å²) in [6.45, 7) is 11.7. The van der Waals surface area contributed by atoms with Crippen LogP contribution in [-0.4, -0.2) is 12.5 Å². The van der Waals surface area contributed by atoms with Crippen LogP contribution < -0.4 is 11.1 Å². The number of nitrogens with two attached hydrogens (primary N) is 1. The van der Waals surface area contributed by atoms with Crippen LogP contribution in [-0.2, 0) is 0 Å². The molecule has 0 unspecified atom stereocenters. The highest BCUT2D eigenvalue weighted by Crippen LogP contribution is 2.67. The van der Waals surface area contributed by atoms with E-state index in [1.165, 1.54) is 0 Å². The Labute approximate surface area is 115 Å². The van der Waals surface area contributed by atoms with Crippen LogP contribution in [0.5, 0.6) is 0 Å². The predicted molar refractivity (Wildman–Crippen MR) is 79.0 cm³/mol. The Morgan fingerprint density at radius 3 is 2.32 bits per heavy atom. The SMILES string of the molecule is Cc1ccc(C(=O)NCC2C(C)(C)C2(C)C)c(N)c1. The Morgan fingerprint density at radius 2 is 1.84 bits per heavy atom. The van der Waals surface area contributed by atoms with Gasteiger partial charge in [0.1, 0.15) is 0 Å². The highest BCUT2D eigenvalue weighted by molar-refractivity contribution is 5.99. The lowest BCUT2D eigenvalue weighted by Crippen LogP contribution is -2.27. The summed E-state index contributed by atoms with van der Waals surface area (Å²) in [4.78, 5) is 12.1. The molecule has 2 rings (SSSR count). The molecule has 1 aromatic rings. The Balaban J connectivity index is 2.00. The van der Waals surface area contributed by atoms with Crippen LogP contribution in [0.1, 0.15) is 43.6 Å². The van der Waals surface area contributed by atoms with Gasteiger partial charge in [-0.15, -0.1) is 0 Å². The van der Waals surface area contributed by atoms with Gasteiger partial charge in [0.2, 0.25) is 0 Å². The predicted octanol–water partition coefficient (Wildman–Crippen LogP) is 2.99. The summed E-state index contributed by atoms with van der Waals surface area (Å²) in [6, 6.07) is 5.54. The minimum absolute atomic E-state index is 0.0731. The van der Waals surface area contributed by atoms with Crippen molar-refractivity contribution < 1.29 is 4.79 Å². The molecule has 0 saturated heterocycles. The van der Waals surface area contributed by atoms with Gasteiger partial charge in [-0.25, -0.2) is 0 Å². The average Bonchev–Trinajstić information content (AvgIpc) is 2.66. The number of rotatable bonds is 3. The van der Waals surface area contributed by atoms with E-state index in [0.29, 0.717) is 34.5 Å². The molecule has 3 N–H and O–H groups in total. The first-order chi connectivity index (χ1) is 8.68. The van der Waals surface area contributed by atoms with Crippen LogP contribution in [0.15, 0.2) is 18.2 Å². The van der Waals surface area contributed by atoms with Gasteiger partial charge in [-0.05, 0) is 41.4 Å². The Morgan fingerprint density at radius 1 is 1.26 bits per heavy atom. The maximum absolute atomic E-state index is 12.1. The number of hydrogen-bond donors (Lipinski definition) is 2. The van der Waals surface area contributed by atoms with E-state index in [9.17, 15) is 4.79 Å². The maximum Gasteiger partial charge on any atom is 0.253 e. The van der Waals surface area contributed by atoms with E-state index in [2.05, 4.69) is 33.0 Å². The van der Waals surface area contributed by atoms with Gasteiger partial charge in [0.15, 0.2) is 0 Å². The third-order valence-corrected chi connectivity index (χ3v) is 5.24. The van der Waals surface area contributed by atoms with E-state index in [0.717, 1.165) is 5.56 Å². The van der Waals surface area contributed by atoms with Gasteiger partial charge in [-0.2, -0.15) is 0 Å². The van der Waals surface area contributed by atoms with Crippen molar-refractivity contribution in [2.75, 3.05) is 12.3 Å². The maximum atomic E-state index is 12.1. The molecule has 0 atom stereocenters. The number of hydrogen-bond acceptors (Lipinski definition) is 2. The van der Waals surface area contributed by atoms with Crippen molar-refractivity contribution in [2.45, 2.75) is 34.6 Å². The molecule has 104 valence electrons. The second-order valence-corrected chi connectivity index (χ2v) is 6.80. The molecule has 1 amide bonds. The fourth-order valence-corrected chi connectivity index (χ4v) is 3.02. The summed E-state index contributed by atoms with van der Waals surface area (Å²) < 4.78 is 0. The molecule has 1 fully saturated rings. The topological polar surface area (TPSA) is 55.1 Å². The molecule has 0 radical (unpaired) electrons. The van der Waals surface area contributed by atoms with Crippen molar-refractivity contribution in [1.29, 1.82) is 0 Å². The van der Waals surface area contributed by atoms with Crippen molar-refractivity contribution in [2.24, 2.45) is 16.7 Å². The Bertz CT molecular complexity index is 503. The fourth-order valence-electron chi connectivity index (χ4n) is 3.02. The molecule has 0 aromatic heterocycles. The number of nitrogens with one attached hydrogen (secondary N) is 1. The second-order valence-electron chi connectivity index (χ2n) is 6.80. The molecule has 1 aromatic carbocycles. The minimum Gasteiger partial charge on any atom is -0.398 e. The molecule has 1 aliphatic carbocycles. The zero-order valence-electron chi connectivity index (χ0n) is 12.5. The van der Waals surface area contributed by atoms with Crippen LogP contribution >= 0.6 is 0 Å². The van der Waals surface area contributed by atoms with Crippen LogP contribution in [0.25, 0.3) is 0 Å². The number of aryl methyl sites for hydroxylation is 1. The van der Waals surface area contributed by atoms with Crippen LogP contribution in [0.4, 0.5) is 5.69 Å². The normalized spacial score (nSPS) is 20.1. The highest BCUT2D eigenvalue weighted by Gasteiger charge is 2.64. The van der Waals surface area contributed by atoms with Crippen LogP contribution in [0, 0.1) is 23.7 Å². The van der Waals surface area contributed by atoms with Crippen molar-refractivity contribution >= 4 is 11.6 Å². The first-order valence-electron chi connectivity index (χ1n) is 6.82. The monoisotopic (exact) mass is 260 g/mol. The standard InChI is InChI=1S/C16H24N2O/c1-10-6-7-11(12(17)8-10)14(19)18-9-13-15(2,3)16(13,4)5/h6-8,13H,9,17H2,1-5H3,(H,18,19). The molecule has 1 aliphatic rings. The average molecular weight is 260 g/mol. The van der Waals surface area contributed by atoms with E-state index in [1.807, 2.05) is 19.1 Å². The van der Waals surface area contributed by atoms with Gasteiger partial charge in [0.25, 0.3) is 5.91 Å². The number of amides is 1. The molecule has 1 saturated carbocycles. The highest BCUT2D eigenvalue weighted by atomic mass is 16.1. The van der Waals surface area contributed by atoms with Gasteiger partial charge in [0.05, 0.1) is 5.56 Å². The lowest BCUT2D eigenvalue weighted by atomic mass is 10.0. The van der Waals surface area contributed by atoms with Crippen molar-refractivity contribution in [1.82, 2.24) is 5.32 Å². The zero-order valence-corrected chi connectivity index (χ0v) is 12.5. The van der Waals surface area contributed by atoms with Gasteiger partial charge in [-0.3, -0.25) is 4.79 Å². The van der Waals surface area contributed by atoms with Gasteiger partial charge < -0.3 is 11.1 Å². The summed E-state index contributed by atoms with van der Waals surface area (Å²) in [6.07, 6.45) is 0. The van der Waals surface area contributed by atoms with Crippen molar-refractivity contribution in [3.63, 3.8) is 0 Å². The third-order valence-electron chi connectivity index (χ3n) is 5.24. The van der Waals surface area contributed by atoms with Gasteiger partial charge in [-0.1, -0.05) is 33.8 Å². The third kappa shape index (κ3) is 2.22. The summed E-state index contributed by atoms with van der Waals surface area (Å²) in [5, 5.41) is 3.01. The number of nitrogen functional groups attached to an aromatic ring is 1. The quantitative estimate of drug-likeness (QED) is 0.821. The van der Waals surface area contributed by atoms with E-state index < -0.39 is 0 Å². The molecule has 0 bridgehead atoms. The smallest absolute Gasteiger partial charge is 0.253 e. The van der Waals surface area contributed by atoms with E-state index in [4.69, 9.17) is 5.73 Å². The molecule has 3 nitrogen and oxygen atoms in total. The first kappa shape index (κ1) is 13.9. The van der Waals surface area contributed by atoms with E-state index in [1.54, 1.807) is 6.07 Å². The first-order valence-corrected chi connectivity index (χ1v) is 6.82. The molecule has 19 heavy (non-hydrogen) atoms. The number of carbonyl (C=O) groups excluding carboxylic acids is 1. The molecular weight excluding hydrogens is 236 g/mol. The molecule has 0 heterocycles. The molecule has 3 heteroatoms. The van der Waals surface area contributed by atoms with E-state index >= 15 is 0 Å². The van der Waals surface area contributed by atoms with Crippen LogP contribution in [0.2, 0.25) is 0 Å². The second kappa shape index (κ2) is 4.26. The van der Waals surface area contributed by atoms with Gasteiger partial charge in [0, 0.05) is 12.2 Å². The Kier molecular flexibility index (Phi) is 3.12. The lowest BCUT2D eigenvalue weighted by Gasteiger charge is -2.09. The fraction of sp³-hybridized carbons (Fsp3) is 0.562. The number of anilines is 1. The van der Waals surface area contributed by atoms with Gasteiger partial charge >= 0.3 is 0 Å². The number of benzene rings is 1. The summed E-state index contributed by atoms with van der Waals surface area (Å²) >= 11 is 0. The number of carbonyl (C=O) groups is 1. The molecular formula is C16H24N2O. The lowest BCUT2D eigenvalue weighted by molar-refractivity contribution is 0.0951. The zero-order chi connectivity index (χ0) is 14.4. The van der Waals surface area contributed by atoms with Crippen molar-refractivity contribution in [3.8, 4) is 0 Å². The summed E-state index contributed by atoms with van der Waals surface area (Å²) in [7, 11) is 0.